The molecule has 108 valence electrons. The quantitative estimate of drug-likeness (QED) is 0.866. The molecule has 0 spiro atoms. The number of amides is 1. The third-order valence-electron chi connectivity index (χ3n) is 3.12. The van der Waals surface area contributed by atoms with Crippen LogP contribution in [0.5, 0.6) is 11.5 Å². The third kappa shape index (κ3) is 3.00. The molecule has 2 heterocycles. The molecule has 0 radical (unpaired) electrons. The first-order chi connectivity index (χ1) is 10.1. The standard InChI is InChI=1S/C15H13BrN2O3/c1-9-2-4-11(14(16)18-9)15(19)17-7-10-3-5-12-13(6-10)21-8-20-12/h2-6H,7-8H2,1H3,(H,17,19). The van der Waals surface area contributed by atoms with Crippen molar-refractivity contribution in [2.75, 3.05) is 6.79 Å². The molecule has 1 aliphatic heterocycles. The highest BCUT2D eigenvalue weighted by Crippen LogP contribution is 2.32. The number of hydrogen-bond acceptors (Lipinski definition) is 4. The molecule has 0 unspecified atom stereocenters. The summed E-state index contributed by atoms with van der Waals surface area (Å²) in [6.45, 7) is 2.53. The summed E-state index contributed by atoms with van der Waals surface area (Å²) in [5, 5.41) is 2.86. The maximum atomic E-state index is 12.1. The van der Waals surface area contributed by atoms with Gasteiger partial charge in [-0.25, -0.2) is 4.98 Å². The molecule has 3 rings (SSSR count). The first-order valence-corrected chi connectivity index (χ1v) is 7.22. The highest BCUT2D eigenvalue weighted by Gasteiger charge is 2.14. The van der Waals surface area contributed by atoms with Gasteiger partial charge >= 0.3 is 0 Å². The molecule has 0 saturated carbocycles. The van der Waals surface area contributed by atoms with Gasteiger partial charge < -0.3 is 14.8 Å². The van der Waals surface area contributed by atoms with Gasteiger partial charge in [0.15, 0.2) is 11.5 Å². The van der Waals surface area contributed by atoms with Crippen molar-refractivity contribution in [3.05, 3.63) is 51.8 Å². The molecule has 1 aromatic carbocycles. The smallest absolute Gasteiger partial charge is 0.254 e. The predicted octanol–water partition coefficient (Wildman–Crippen LogP) is 2.81. The van der Waals surface area contributed by atoms with Crippen LogP contribution >= 0.6 is 15.9 Å². The summed E-state index contributed by atoms with van der Waals surface area (Å²) in [6.07, 6.45) is 0. The average Bonchev–Trinajstić information content (AvgIpc) is 2.92. The van der Waals surface area contributed by atoms with Gasteiger partial charge in [0.25, 0.3) is 5.91 Å². The SMILES string of the molecule is Cc1ccc(C(=O)NCc2ccc3c(c2)OCO3)c(Br)n1. The minimum atomic E-state index is -0.174. The lowest BCUT2D eigenvalue weighted by Gasteiger charge is -2.07. The summed E-state index contributed by atoms with van der Waals surface area (Å²) in [6, 6.07) is 9.16. The largest absolute Gasteiger partial charge is 0.454 e. The number of halogens is 1. The summed E-state index contributed by atoms with van der Waals surface area (Å²) in [4.78, 5) is 16.4. The molecule has 2 aromatic rings. The van der Waals surface area contributed by atoms with Gasteiger partial charge in [-0.3, -0.25) is 4.79 Å². The first kappa shape index (κ1) is 13.9. The average molecular weight is 349 g/mol. The Balaban J connectivity index is 1.68. The van der Waals surface area contributed by atoms with Crippen LogP contribution in [0, 0.1) is 6.92 Å². The van der Waals surface area contributed by atoms with Gasteiger partial charge in [-0.15, -0.1) is 0 Å². The van der Waals surface area contributed by atoms with Crippen molar-refractivity contribution in [1.82, 2.24) is 10.3 Å². The number of nitrogens with one attached hydrogen (secondary N) is 1. The highest BCUT2D eigenvalue weighted by molar-refractivity contribution is 9.10. The van der Waals surface area contributed by atoms with Crippen LogP contribution < -0.4 is 14.8 Å². The van der Waals surface area contributed by atoms with Crippen LogP contribution in [0.4, 0.5) is 0 Å². The Bertz CT molecular complexity index is 703. The molecule has 1 aromatic heterocycles. The monoisotopic (exact) mass is 348 g/mol. The molecule has 21 heavy (non-hydrogen) atoms. The van der Waals surface area contributed by atoms with E-state index in [4.69, 9.17) is 9.47 Å². The Labute approximate surface area is 130 Å². The van der Waals surface area contributed by atoms with Gasteiger partial charge in [-0.2, -0.15) is 0 Å². The van der Waals surface area contributed by atoms with E-state index in [0.717, 1.165) is 17.0 Å². The van der Waals surface area contributed by atoms with E-state index in [1.807, 2.05) is 25.1 Å². The van der Waals surface area contributed by atoms with Crippen LogP contribution in [-0.2, 0) is 6.54 Å². The fourth-order valence-corrected chi connectivity index (χ4v) is 2.61. The van der Waals surface area contributed by atoms with Crippen molar-refractivity contribution in [3.8, 4) is 11.5 Å². The second-order valence-electron chi connectivity index (χ2n) is 4.66. The van der Waals surface area contributed by atoms with Crippen molar-refractivity contribution in [3.63, 3.8) is 0 Å². The van der Waals surface area contributed by atoms with E-state index in [2.05, 4.69) is 26.2 Å². The molecule has 0 aliphatic carbocycles. The number of hydrogen-bond donors (Lipinski definition) is 1. The number of carbonyl (C=O) groups excluding carboxylic acids is 1. The minimum absolute atomic E-state index is 0.174. The van der Waals surface area contributed by atoms with Gasteiger partial charge in [0.1, 0.15) is 4.60 Å². The number of carbonyl (C=O) groups is 1. The van der Waals surface area contributed by atoms with E-state index in [1.165, 1.54) is 0 Å². The Morgan fingerprint density at radius 1 is 1.29 bits per heavy atom. The maximum absolute atomic E-state index is 12.1. The number of ether oxygens (including phenoxy) is 2. The number of pyridine rings is 1. The Morgan fingerprint density at radius 3 is 2.90 bits per heavy atom. The lowest BCUT2D eigenvalue weighted by atomic mass is 10.2. The van der Waals surface area contributed by atoms with Gasteiger partial charge in [-0.1, -0.05) is 6.07 Å². The fourth-order valence-electron chi connectivity index (χ4n) is 2.02. The Hall–Kier alpha value is -2.08. The van der Waals surface area contributed by atoms with Gasteiger partial charge in [-0.05, 0) is 52.7 Å². The molecule has 0 bridgehead atoms. The molecule has 1 amide bonds. The first-order valence-electron chi connectivity index (χ1n) is 6.43. The zero-order valence-corrected chi connectivity index (χ0v) is 12.9. The maximum Gasteiger partial charge on any atom is 0.254 e. The molecule has 6 heteroatoms. The topological polar surface area (TPSA) is 60.5 Å². The summed E-state index contributed by atoms with van der Waals surface area (Å²) in [5.41, 5.74) is 2.32. The van der Waals surface area contributed by atoms with E-state index >= 15 is 0 Å². The summed E-state index contributed by atoms with van der Waals surface area (Å²) in [5.74, 6) is 1.27. The van der Waals surface area contributed by atoms with Gasteiger partial charge in [0.05, 0.1) is 5.56 Å². The number of benzene rings is 1. The summed E-state index contributed by atoms with van der Waals surface area (Å²) >= 11 is 3.31. The van der Waals surface area contributed by atoms with E-state index in [0.29, 0.717) is 22.5 Å². The fraction of sp³-hybridized carbons (Fsp3) is 0.200. The van der Waals surface area contributed by atoms with Crippen LogP contribution in [0.2, 0.25) is 0 Å². The van der Waals surface area contributed by atoms with Crippen LogP contribution in [0.25, 0.3) is 0 Å². The molecule has 1 N–H and O–H groups in total. The molecule has 0 fully saturated rings. The van der Waals surface area contributed by atoms with Crippen molar-refractivity contribution >= 4 is 21.8 Å². The van der Waals surface area contributed by atoms with Crippen molar-refractivity contribution < 1.29 is 14.3 Å². The lowest BCUT2D eigenvalue weighted by molar-refractivity contribution is 0.0949. The Morgan fingerprint density at radius 2 is 2.10 bits per heavy atom. The van der Waals surface area contributed by atoms with Crippen LogP contribution in [0.3, 0.4) is 0 Å². The number of aromatic nitrogens is 1. The number of rotatable bonds is 3. The number of fused-ring (bicyclic) bond motifs is 1. The zero-order chi connectivity index (χ0) is 14.8. The van der Waals surface area contributed by atoms with Crippen LogP contribution in [0.15, 0.2) is 34.9 Å². The normalized spacial score (nSPS) is 12.3. The van der Waals surface area contributed by atoms with Crippen molar-refractivity contribution in [2.24, 2.45) is 0 Å². The molecular weight excluding hydrogens is 336 g/mol. The molecule has 1 aliphatic rings. The summed E-state index contributed by atoms with van der Waals surface area (Å²) < 4.78 is 11.1. The van der Waals surface area contributed by atoms with Crippen LogP contribution in [-0.4, -0.2) is 17.7 Å². The minimum Gasteiger partial charge on any atom is -0.454 e. The lowest BCUT2D eigenvalue weighted by Crippen LogP contribution is -2.23. The van der Waals surface area contributed by atoms with Gasteiger partial charge in [0, 0.05) is 12.2 Å². The highest BCUT2D eigenvalue weighted by atomic mass is 79.9. The zero-order valence-electron chi connectivity index (χ0n) is 11.4. The Kier molecular flexibility index (Phi) is 3.79. The number of nitrogens with zero attached hydrogens (tertiary/aromatic N) is 1. The summed E-state index contributed by atoms with van der Waals surface area (Å²) in [7, 11) is 0. The molecule has 0 saturated heterocycles. The van der Waals surface area contributed by atoms with E-state index in [-0.39, 0.29) is 12.7 Å². The van der Waals surface area contributed by atoms with E-state index < -0.39 is 0 Å². The molecule has 0 atom stereocenters. The van der Waals surface area contributed by atoms with E-state index in [1.54, 1.807) is 12.1 Å². The van der Waals surface area contributed by atoms with Crippen LogP contribution in [0.1, 0.15) is 21.6 Å². The predicted molar refractivity (Wildman–Crippen MR) is 80.4 cm³/mol. The second kappa shape index (κ2) is 5.73. The van der Waals surface area contributed by atoms with E-state index in [9.17, 15) is 4.79 Å². The van der Waals surface area contributed by atoms with Crippen molar-refractivity contribution in [1.29, 1.82) is 0 Å². The van der Waals surface area contributed by atoms with Crippen molar-refractivity contribution in [2.45, 2.75) is 13.5 Å². The molecular formula is C15H13BrN2O3. The number of aryl methyl sites for hydroxylation is 1. The molecule has 5 nitrogen and oxygen atoms in total. The van der Waals surface area contributed by atoms with Gasteiger partial charge in [0.2, 0.25) is 6.79 Å². The second-order valence-corrected chi connectivity index (χ2v) is 5.41. The third-order valence-corrected chi connectivity index (χ3v) is 3.73.